The highest BCUT2D eigenvalue weighted by Crippen LogP contribution is 2.25. The van der Waals surface area contributed by atoms with Crippen molar-refractivity contribution in [3.05, 3.63) is 36.2 Å². The van der Waals surface area contributed by atoms with E-state index in [-0.39, 0.29) is 0 Å². The second-order valence-corrected chi connectivity index (χ2v) is 7.71. The molecule has 28 heavy (non-hydrogen) atoms. The molecule has 0 radical (unpaired) electrons. The summed E-state index contributed by atoms with van der Waals surface area (Å²) in [6.45, 7) is 4.23. The number of sulfonamides is 1. The molecule has 8 nitrogen and oxygen atoms in total. The number of hydrogen-bond donors (Lipinski definition) is 2. The number of benzene rings is 1. The summed E-state index contributed by atoms with van der Waals surface area (Å²) < 4.78 is 63.3. The van der Waals surface area contributed by atoms with E-state index in [0.29, 0.717) is 36.8 Å². The Bertz CT molecular complexity index is 904. The lowest BCUT2D eigenvalue weighted by Crippen LogP contribution is -2.46. The summed E-state index contributed by atoms with van der Waals surface area (Å²) in [5.74, 6) is -2.04. The highest BCUT2D eigenvalue weighted by Gasteiger charge is 2.38. The van der Waals surface area contributed by atoms with Crippen LogP contribution in [0.2, 0.25) is 0 Å². The number of nitrogens with zero attached hydrogens (tertiary/aromatic N) is 2. The third kappa shape index (κ3) is 5.30. The van der Waals surface area contributed by atoms with Crippen molar-refractivity contribution in [3.63, 3.8) is 0 Å². The van der Waals surface area contributed by atoms with Crippen LogP contribution in [0.25, 0.3) is 11.1 Å². The van der Waals surface area contributed by atoms with E-state index in [1.54, 1.807) is 30.5 Å². The van der Waals surface area contributed by atoms with E-state index in [1.165, 1.54) is 4.31 Å². The summed E-state index contributed by atoms with van der Waals surface area (Å²) in [6.07, 6.45) is -3.45. The SMILES string of the molecule is Cc1oncc1-c1ccc(S(=O)(=O)N2CCNCC2)cc1.O=C(O)C(F)(F)F. The van der Waals surface area contributed by atoms with Crippen LogP contribution in [0.1, 0.15) is 5.76 Å². The Morgan fingerprint density at radius 1 is 1.21 bits per heavy atom. The van der Waals surface area contributed by atoms with Crippen LogP contribution in [-0.4, -0.2) is 61.3 Å². The average molecular weight is 421 g/mol. The quantitative estimate of drug-likeness (QED) is 0.778. The zero-order valence-corrected chi connectivity index (χ0v) is 15.5. The number of rotatable bonds is 3. The van der Waals surface area contributed by atoms with E-state index in [1.807, 2.05) is 6.92 Å². The Labute approximate surface area is 159 Å². The first-order valence-corrected chi connectivity index (χ1v) is 9.50. The van der Waals surface area contributed by atoms with Gasteiger partial charge in [-0.05, 0) is 24.6 Å². The first-order valence-electron chi connectivity index (χ1n) is 8.06. The molecule has 1 aromatic heterocycles. The third-order valence-corrected chi connectivity index (χ3v) is 5.79. The van der Waals surface area contributed by atoms with E-state index in [9.17, 15) is 21.6 Å². The molecule has 12 heteroatoms. The molecule has 3 rings (SSSR count). The summed E-state index contributed by atoms with van der Waals surface area (Å²) in [6, 6.07) is 6.85. The fraction of sp³-hybridized carbons (Fsp3) is 0.375. The van der Waals surface area contributed by atoms with E-state index < -0.39 is 22.2 Å². The second-order valence-electron chi connectivity index (χ2n) is 5.78. The molecule has 0 bridgehead atoms. The minimum atomic E-state index is -5.08. The van der Waals surface area contributed by atoms with Gasteiger partial charge >= 0.3 is 12.1 Å². The number of hydrogen-bond acceptors (Lipinski definition) is 6. The molecule has 1 fully saturated rings. The summed E-state index contributed by atoms with van der Waals surface area (Å²) >= 11 is 0. The largest absolute Gasteiger partial charge is 0.490 e. The van der Waals surface area contributed by atoms with Gasteiger partial charge in [0.15, 0.2) is 0 Å². The minimum Gasteiger partial charge on any atom is -0.475 e. The molecule has 0 atom stereocenters. The first-order chi connectivity index (χ1) is 13.0. The highest BCUT2D eigenvalue weighted by atomic mass is 32.2. The Balaban J connectivity index is 0.000000345. The van der Waals surface area contributed by atoms with Gasteiger partial charge in [0.2, 0.25) is 10.0 Å². The van der Waals surface area contributed by atoms with Gasteiger partial charge in [0, 0.05) is 31.7 Å². The van der Waals surface area contributed by atoms with Crippen LogP contribution in [0, 0.1) is 6.92 Å². The maximum absolute atomic E-state index is 12.5. The van der Waals surface area contributed by atoms with Crippen molar-refractivity contribution in [1.82, 2.24) is 14.8 Å². The highest BCUT2D eigenvalue weighted by molar-refractivity contribution is 7.89. The molecule has 2 N–H and O–H groups in total. The summed E-state index contributed by atoms with van der Waals surface area (Å²) in [7, 11) is -3.40. The lowest BCUT2D eigenvalue weighted by atomic mass is 10.1. The molecular weight excluding hydrogens is 403 g/mol. The summed E-state index contributed by atoms with van der Waals surface area (Å²) in [5, 5.41) is 14.0. The van der Waals surface area contributed by atoms with Gasteiger partial charge < -0.3 is 14.9 Å². The molecule has 1 aromatic carbocycles. The van der Waals surface area contributed by atoms with Crippen molar-refractivity contribution in [1.29, 1.82) is 0 Å². The molecule has 154 valence electrons. The van der Waals surface area contributed by atoms with Crippen LogP contribution in [0.5, 0.6) is 0 Å². The number of piperazine rings is 1. The van der Waals surface area contributed by atoms with E-state index in [2.05, 4.69) is 10.5 Å². The number of carbonyl (C=O) groups is 1. The second kappa shape index (κ2) is 8.71. The van der Waals surface area contributed by atoms with Gasteiger partial charge in [-0.15, -0.1) is 0 Å². The monoisotopic (exact) mass is 421 g/mol. The predicted octanol–water partition coefficient (Wildman–Crippen LogP) is 1.88. The fourth-order valence-electron chi connectivity index (χ4n) is 2.42. The van der Waals surface area contributed by atoms with Gasteiger partial charge in [0.1, 0.15) is 5.76 Å². The van der Waals surface area contributed by atoms with Crippen molar-refractivity contribution < 1.29 is 36.0 Å². The molecule has 0 spiro atoms. The third-order valence-electron chi connectivity index (χ3n) is 3.87. The number of aliphatic carboxylic acids is 1. The number of nitrogens with one attached hydrogen (secondary N) is 1. The van der Waals surface area contributed by atoms with E-state index >= 15 is 0 Å². The Morgan fingerprint density at radius 3 is 2.18 bits per heavy atom. The Morgan fingerprint density at radius 2 is 1.75 bits per heavy atom. The van der Waals surface area contributed by atoms with Gasteiger partial charge in [-0.1, -0.05) is 17.3 Å². The van der Waals surface area contributed by atoms with Crippen LogP contribution in [0.3, 0.4) is 0 Å². The maximum Gasteiger partial charge on any atom is 0.490 e. The number of carboxylic acid groups (broad SMARTS) is 1. The number of alkyl halides is 3. The van der Waals surface area contributed by atoms with Gasteiger partial charge in [-0.3, -0.25) is 0 Å². The molecule has 1 aliphatic rings. The normalized spacial score (nSPS) is 15.6. The Kier molecular flexibility index (Phi) is 6.80. The minimum absolute atomic E-state index is 0.322. The first kappa shape index (κ1) is 21.9. The van der Waals surface area contributed by atoms with Crippen LogP contribution in [0.15, 0.2) is 39.9 Å². The van der Waals surface area contributed by atoms with Gasteiger partial charge in [-0.2, -0.15) is 17.5 Å². The summed E-state index contributed by atoms with van der Waals surface area (Å²) in [4.78, 5) is 9.22. The Hall–Kier alpha value is -2.44. The molecule has 0 unspecified atom stereocenters. The number of halogens is 3. The van der Waals surface area contributed by atoms with Crippen molar-refractivity contribution >= 4 is 16.0 Å². The molecule has 1 aliphatic heterocycles. The molecule has 0 saturated carbocycles. The van der Waals surface area contributed by atoms with Crippen LogP contribution in [0.4, 0.5) is 13.2 Å². The van der Waals surface area contributed by atoms with Gasteiger partial charge in [0.05, 0.1) is 11.1 Å². The zero-order chi connectivity index (χ0) is 20.9. The van der Waals surface area contributed by atoms with Crippen molar-refractivity contribution in [2.24, 2.45) is 0 Å². The van der Waals surface area contributed by atoms with Crippen molar-refractivity contribution in [2.45, 2.75) is 18.0 Å². The van der Waals surface area contributed by atoms with Crippen LogP contribution in [-0.2, 0) is 14.8 Å². The number of aromatic nitrogens is 1. The number of aryl methyl sites for hydroxylation is 1. The topological polar surface area (TPSA) is 113 Å². The standard InChI is InChI=1S/C14H17N3O3S.C2HF3O2/c1-11-14(10-16-20-11)12-2-4-13(5-3-12)21(18,19)17-8-6-15-7-9-17;3-2(4,5)1(6)7/h2-5,10,15H,6-9H2,1H3;(H,6,7). The number of carboxylic acids is 1. The van der Waals surface area contributed by atoms with Crippen molar-refractivity contribution in [2.75, 3.05) is 26.2 Å². The van der Waals surface area contributed by atoms with Crippen molar-refractivity contribution in [3.8, 4) is 11.1 Å². The van der Waals surface area contributed by atoms with Crippen LogP contribution >= 0.6 is 0 Å². The molecule has 2 aromatic rings. The van der Waals surface area contributed by atoms with Crippen LogP contribution < -0.4 is 5.32 Å². The van der Waals surface area contributed by atoms with Gasteiger partial charge in [0.25, 0.3) is 0 Å². The fourth-order valence-corrected chi connectivity index (χ4v) is 3.86. The molecule has 2 heterocycles. The summed E-state index contributed by atoms with van der Waals surface area (Å²) in [5.41, 5.74) is 1.77. The smallest absolute Gasteiger partial charge is 0.475 e. The zero-order valence-electron chi connectivity index (χ0n) is 14.7. The molecular formula is C16H18F3N3O5S. The molecule has 1 saturated heterocycles. The molecule has 0 aliphatic carbocycles. The van der Waals surface area contributed by atoms with Gasteiger partial charge in [-0.25, -0.2) is 13.2 Å². The maximum atomic E-state index is 12.5. The lowest BCUT2D eigenvalue weighted by molar-refractivity contribution is -0.192. The predicted molar refractivity (Wildman–Crippen MR) is 92.0 cm³/mol. The molecule has 0 amide bonds. The lowest BCUT2D eigenvalue weighted by Gasteiger charge is -2.26. The van der Waals surface area contributed by atoms with E-state index in [0.717, 1.165) is 11.1 Å². The average Bonchev–Trinajstić information content (AvgIpc) is 3.08. The van der Waals surface area contributed by atoms with E-state index in [4.69, 9.17) is 14.4 Å².